The van der Waals surface area contributed by atoms with Crippen LogP contribution in [0.25, 0.3) is 0 Å². The van der Waals surface area contributed by atoms with E-state index in [1.807, 2.05) is 0 Å². The predicted octanol–water partition coefficient (Wildman–Crippen LogP) is 4.06. The molecule has 0 aromatic heterocycles. The maximum Gasteiger partial charge on any atom is 0.00924 e. The lowest BCUT2D eigenvalue weighted by Gasteiger charge is -2.34. The van der Waals surface area contributed by atoms with Crippen molar-refractivity contribution in [1.82, 2.24) is 10.2 Å². The van der Waals surface area contributed by atoms with Crippen molar-refractivity contribution in [3.63, 3.8) is 0 Å². The van der Waals surface area contributed by atoms with E-state index in [1.165, 1.54) is 57.9 Å². The van der Waals surface area contributed by atoms with E-state index >= 15 is 0 Å². The summed E-state index contributed by atoms with van der Waals surface area (Å²) in [6, 6.07) is 1.55. The summed E-state index contributed by atoms with van der Waals surface area (Å²) in [5.41, 5.74) is 0. The molecule has 0 spiro atoms. The molecular formula is C17H36N2. The Morgan fingerprint density at radius 2 is 1.84 bits per heavy atom. The van der Waals surface area contributed by atoms with Gasteiger partial charge >= 0.3 is 0 Å². The highest BCUT2D eigenvalue weighted by Gasteiger charge is 2.22. The van der Waals surface area contributed by atoms with Gasteiger partial charge in [-0.3, -0.25) is 0 Å². The molecule has 1 rings (SSSR count). The molecule has 19 heavy (non-hydrogen) atoms. The molecule has 0 heterocycles. The first kappa shape index (κ1) is 17.0. The minimum absolute atomic E-state index is 0.684. The van der Waals surface area contributed by atoms with E-state index in [0.717, 1.165) is 18.5 Å². The summed E-state index contributed by atoms with van der Waals surface area (Å²) in [6.45, 7) is 9.35. The number of nitrogens with zero attached hydrogens (tertiary/aromatic N) is 1. The van der Waals surface area contributed by atoms with Gasteiger partial charge in [0.25, 0.3) is 0 Å². The zero-order valence-electron chi connectivity index (χ0n) is 13.8. The standard InChI is InChI=1S/C17H36N2/c1-5-13-18-15(3)8-7-14-19(4)17-11-9-16(6-2)10-12-17/h15-18H,5-14H2,1-4H3. The van der Waals surface area contributed by atoms with Gasteiger partial charge in [-0.15, -0.1) is 0 Å². The van der Waals surface area contributed by atoms with Gasteiger partial charge in [0.05, 0.1) is 0 Å². The van der Waals surface area contributed by atoms with E-state index in [2.05, 4.69) is 38.0 Å². The fourth-order valence-corrected chi connectivity index (χ4v) is 3.32. The fourth-order valence-electron chi connectivity index (χ4n) is 3.32. The zero-order valence-corrected chi connectivity index (χ0v) is 13.8. The molecule has 1 aliphatic rings. The molecule has 1 aliphatic carbocycles. The van der Waals surface area contributed by atoms with Crippen LogP contribution in [0, 0.1) is 5.92 Å². The van der Waals surface area contributed by atoms with Gasteiger partial charge in [-0.1, -0.05) is 20.3 Å². The lowest BCUT2D eigenvalue weighted by atomic mass is 9.84. The van der Waals surface area contributed by atoms with Crippen molar-refractivity contribution < 1.29 is 0 Å². The van der Waals surface area contributed by atoms with Crippen molar-refractivity contribution in [2.24, 2.45) is 5.92 Å². The van der Waals surface area contributed by atoms with Crippen LogP contribution in [0.1, 0.15) is 72.1 Å². The molecular weight excluding hydrogens is 232 g/mol. The summed E-state index contributed by atoms with van der Waals surface area (Å²) >= 11 is 0. The second-order valence-electron chi connectivity index (χ2n) is 6.56. The second kappa shape index (κ2) is 9.77. The first-order chi connectivity index (χ1) is 9.17. The van der Waals surface area contributed by atoms with Crippen molar-refractivity contribution in [3.8, 4) is 0 Å². The minimum atomic E-state index is 0.684. The molecule has 1 atom stereocenters. The summed E-state index contributed by atoms with van der Waals surface area (Å²) in [4.78, 5) is 2.62. The zero-order chi connectivity index (χ0) is 14.1. The van der Waals surface area contributed by atoms with Gasteiger partial charge in [0.1, 0.15) is 0 Å². The monoisotopic (exact) mass is 268 g/mol. The Bertz CT molecular complexity index is 209. The van der Waals surface area contributed by atoms with Gasteiger partial charge in [-0.05, 0) is 77.9 Å². The summed E-state index contributed by atoms with van der Waals surface area (Å²) in [6.07, 6.45) is 11.1. The van der Waals surface area contributed by atoms with Crippen LogP contribution in [0.5, 0.6) is 0 Å². The number of rotatable bonds is 9. The van der Waals surface area contributed by atoms with Gasteiger partial charge < -0.3 is 10.2 Å². The maximum absolute atomic E-state index is 3.58. The van der Waals surface area contributed by atoms with E-state index in [1.54, 1.807) is 0 Å². The van der Waals surface area contributed by atoms with E-state index < -0.39 is 0 Å². The van der Waals surface area contributed by atoms with E-state index in [0.29, 0.717) is 6.04 Å². The normalized spacial score (nSPS) is 25.7. The minimum Gasteiger partial charge on any atom is -0.314 e. The third kappa shape index (κ3) is 6.76. The van der Waals surface area contributed by atoms with Crippen LogP contribution in [-0.4, -0.2) is 37.1 Å². The third-order valence-corrected chi connectivity index (χ3v) is 4.91. The summed E-state index contributed by atoms with van der Waals surface area (Å²) in [7, 11) is 2.33. The van der Waals surface area contributed by atoms with Gasteiger partial charge in [0.2, 0.25) is 0 Å². The van der Waals surface area contributed by atoms with Crippen molar-refractivity contribution in [2.75, 3.05) is 20.1 Å². The van der Waals surface area contributed by atoms with Crippen molar-refractivity contribution in [3.05, 3.63) is 0 Å². The van der Waals surface area contributed by atoms with Crippen LogP contribution in [0.15, 0.2) is 0 Å². The van der Waals surface area contributed by atoms with Crippen molar-refractivity contribution >= 4 is 0 Å². The van der Waals surface area contributed by atoms with Gasteiger partial charge in [0.15, 0.2) is 0 Å². The molecule has 0 aromatic rings. The number of hydrogen-bond donors (Lipinski definition) is 1. The quantitative estimate of drug-likeness (QED) is 0.678. The maximum atomic E-state index is 3.58. The first-order valence-electron chi connectivity index (χ1n) is 8.60. The molecule has 0 aliphatic heterocycles. The molecule has 0 radical (unpaired) electrons. The van der Waals surface area contributed by atoms with Crippen LogP contribution in [0.4, 0.5) is 0 Å². The van der Waals surface area contributed by atoms with Crippen LogP contribution in [0.2, 0.25) is 0 Å². The highest BCUT2D eigenvalue weighted by molar-refractivity contribution is 4.78. The summed E-state index contributed by atoms with van der Waals surface area (Å²) in [5, 5.41) is 3.58. The van der Waals surface area contributed by atoms with E-state index in [4.69, 9.17) is 0 Å². The molecule has 1 N–H and O–H groups in total. The Labute approximate surface area is 121 Å². The van der Waals surface area contributed by atoms with E-state index in [9.17, 15) is 0 Å². The highest BCUT2D eigenvalue weighted by Crippen LogP contribution is 2.28. The molecule has 0 aromatic carbocycles. The van der Waals surface area contributed by atoms with Crippen LogP contribution in [0.3, 0.4) is 0 Å². The topological polar surface area (TPSA) is 15.3 Å². The fraction of sp³-hybridized carbons (Fsp3) is 1.00. The SMILES string of the molecule is CCCNC(C)CCCN(C)C1CCC(CC)CC1. The molecule has 1 unspecified atom stereocenters. The third-order valence-electron chi connectivity index (χ3n) is 4.91. The lowest BCUT2D eigenvalue weighted by molar-refractivity contribution is 0.160. The average Bonchev–Trinajstić information content (AvgIpc) is 2.45. The Morgan fingerprint density at radius 1 is 1.16 bits per heavy atom. The Morgan fingerprint density at radius 3 is 2.42 bits per heavy atom. The molecule has 0 bridgehead atoms. The molecule has 2 heteroatoms. The average molecular weight is 268 g/mol. The summed E-state index contributed by atoms with van der Waals surface area (Å²) < 4.78 is 0. The lowest BCUT2D eigenvalue weighted by Crippen LogP contribution is -2.36. The van der Waals surface area contributed by atoms with Crippen LogP contribution in [-0.2, 0) is 0 Å². The van der Waals surface area contributed by atoms with Gasteiger partial charge in [0, 0.05) is 12.1 Å². The molecule has 0 saturated heterocycles. The Hall–Kier alpha value is -0.0800. The van der Waals surface area contributed by atoms with Gasteiger partial charge in [-0.25, -0.2) is 0 Å². The Balaban J connectivity index is 2.09. The molecule has 2 nitrogen and oxygen atoms in total. The molecule has 1 saturated carbocycles. The first-order valence-corrected chi connectivity index (χ1v) is 8.60. The molecule has 0 amide bonds. The number of hydrogen-bond acceptors (Lipinski definition) is 2. The summed E-state index contributed by atoms with van der Waals surface area (Å²) in [5.74, 6) is 1.02. The second-order valence-corrected chi connectivity index (χ2v) is 6.56. The molecule has 1 fully saturated rings. The van der Waals surface area contributed by atoms with Gasteiger partial charge in [-0.2, -0.15) is 0 Å². The van der Waals surface area contributed by atoms with Crippen LogP contribution >= 0.6 is 0 Å². The van der Waals surface area contributed by atoms with Crippen LogP contribution < -0.4 is 5.32 Å². The van der Waals surface area contributed by atoms with Crippen molar-refractivity contribution in [2.45, 2.75) is 84.2 Å². The smallest absolute Gasteiger partial charge is 0.00924 e. The largest absolute Gasteiger partial charge is 0.314 e. The molecule has 114 valence electrons. The van der Waals surface area contributed by atoms with Crippen molar-refractivity contribution in [1.29, 1.82) is 0 Å². The Kier molecular flexibility index (Phi) is 8.72. The van der Waals surface area contributed by atoms with E-state index in [-0.39, 0.29) is 0 Å². The number of nitrogens with one attached hydrogen (secondary N) is 1. The highest BCUT2D eigenvalue weighted by atomic mass is 15.1. The predicted molar refractivity (Wildman–Crippen MR) is 85.7 cm³/mol.